The van der Waals surface area contributed by atoms with E-state index in [9.17, 15) is 9.59 Å². The van der Waals surface area contributed by atoms with E-state index in [-0.39, 0.29) is 11.6 Å². The molecule has 0 bridgehead atoms. The van der Waals surface area contributed by atoms with Crippen LogP contribution in [-0.2, 0) is 0 Å². The Morgan fingerprint density at radius 2 is 0.820 bits per heavy atom. The van der Waals surface area contributed by atoms with Gasteiger partial charge in [0.25, 0.3) is 0 Å². The van der Waals surface area contributed by atoms with Gasteiger partial charge in [-0.1, -0.05) is 144 Å². The zero-order valence-electron chi connectivity index (χ0n) is 26.2. The highest BCUT2D eigenvalue weighted by Crippen LogP contribution is 2.14. The van der Waals surface area contributed by atoms with Crippen LogP contribution in [0.15, 0.2) is 166 Å². The number of carbonyl (C=O) groups is 2. The normalized spacial score (nSPS) is 12.2. The Labute approximate surface area is 294 Å². The maximum atomic E-state index is 13.2. The van der Waals surface area contributed by atoms with Crippen molar-refractivity contribution in [3.8, 4) is 11.4 Å². The monoisotopic (exact) mass is 690 g/mol. The summed E-state index contributed by atoms with van der Waals surface area (Å²) >= 11 is 2.32. The van der Waals surface area contributed by atoms with Crippen LogP contribution in [0.1, 0.15) is 41.9 Å². The van der Waals surface area contributed by atoms with Gasteiger partial charge in [-0.15, -0.1) is 10.2 Å². The van der Waals surface area contributed by atoms with Crippen molar-refractivity contribution < 1.29 is 9.59 Å². The minimum atomic E-state index is -0.193. The average Bonchev–Trinajstić information content (AvgIpc) is 3.81. The standard InChI is InChI=1S/C38H26N8O2S2/c47-33(27-15-5-1-6-16-27)35-43-45(31-21-9-3-10-22-31)37(49-35)41-39-25-29-19-13-14-20-30(29)26-40-42-38-46(32-23-11-4-12-24-32)44-36(50-38)34(48)28-17-7-2-8-18-28/h1-26H/b39-25+,40-26+,41-37-,42-38+. The van der Waals surface area contributed by atoms with Gasteiger partial charge in [-0.25, -0.2) is 9.36 Å². The minimum absolute atomic E-state index is 0.193. The van der Waals surface area contributed by atoms with E-state index in [1.165, 1.54) is 0 Å². The van der Waals surface area contributed by atoms with Gasteiger partial charge in [0.2, 0.25) is 21.2 Å². The van der Waals surface area contributed by atoms with E-state index in [4.69, 9.17) is 0 Å². The van der Waals surface area contributed by atoms with E-state index in [0.717, 1.165) is 45.2 Å². The average molecular weight is 691 g/mol. The van der Waals surface area contributed by atoms with Gasteiger partial charge in [-0.3, -0.25) is 9.59 Å². The molecule has 50 heavy (non-hydrogen) atoms. The van der Waals surface area contributed by atoms with Crippen molar-refractivity contribution in [3.63, 3.8) is 0 Å². The lowest BCUT2D eigenvalue weighted by atomic mass is 10.1. The largest absolute Gasteiger partial charge is 0.286 e. The molecule has 7 rings (SSSR count). The second kappa shape index (κ2) is 15.2. The summed E-state index contributed by atoms with van der Waals surface area (Å²) < 4.78 is 3.22. The van der Waals surface area contributed by atoms with Crippen molar-refractivity contribution >= 4 is 46.7 Å². The van der Waals surface area contributed by atoms with E-state index in [0.29, 0.717) is 30.7 Å². The number of para-hydroxylation sites is 2. The molecule has 0 aliphatic rings. The summed E-state index contributed by atoms with van der Waals surface area (Å²) in [5, 5.41) is 27.4. The third-order valence-electron chi connectivity index (χ3n) is 7.26. The molecule has 2 heterocycles. The zero-order valence-corrected chi connectivity index (χ0v) is 27.9. The first-order valence-corrected chi connectivity index (χ1v) is 17.0. The molecule has 0 saturated heterocycles. The fourth-order valence-corrected chi connectivity index (χ4v) is 6.46. The van der Waals surface area contributed by atoms with Gasteiger partial charge in [-0.05, 0) is 24.3 Å². The molecular weight excluding hydrogens is 665 g/mol. The second-order valence-electron chi connectivity index (χ2n) is 10.6. The maximum Gasteiger partial charge on any atom is 0.233 e. The first kappa shape index (κ1) is 32.1. The minimum Gasteiger partial charge on any atom is -0.286 e. The molecule has 242 valence electrons. The molecule has 0 N–H and O–H groups in total. The van der Waals surface area contributed by atoms with E-state index >= 15 is 0 Å². The van der Waals surface area contributed by atoms with Crippen molar-refractivity contribution in [1.29, 1.82) is 0 Å². The number of aromatic nitrogens is 4. The molecule has 0 saturated carbocycles. The van der Waals surface area contributed by atoms with E-state index in [2.05, 4.69) is 30.6 Å². The van der Waals surface area contributed by atoms with Gasteiger partial charge in [0.05, 0.1) is 23.8 Å². The number of hydrogen-bond donors (Lipinski definition) is 0. The Bertz CT molecular complexity index is 2290. The Hall–Kier alpha value is -6.50. The molecule has 0 aliphatic carbocycles. The van der Waals surface area contributed by atoms with Gasteiger partial charge < -0.3 is 0 Å². The van der Waals surface area contributed by atoms with Gasteiger partial charge in [0.1, 0.15) is 0 Å². The first-order chi connectivity index (χ1) is 24.6. The smallest absolute Gasteiger partial charge is 0.233 e. The first-order valence-electron chi connectivity index (χ1n) is 15.4. The van der Waals surface area contributed by atoms with Crippen LogP contribution in [0.4, 0.5) is 0 Å². The van der Waals surface area contributed by atoms with Crippen LogP contribution in [0.2, 0.25) is 0 Å². The Kier molecular flexibility index (Phi) is 9.72. The van der Waals surface area contributed by atoms with Crippen molar-refractivity contribution in [3.05, 3.63) is 187 Å². The number of hydrogen-bond acceptors (Lipinski definition) is 10. The van der Waals surface area contributed by atoms with E-state index < -0.39 is 0 Å². The maximum absolute atomic E-state index is 13.2. The topological polar surface area (TPSA) is 119 Å². The molecule has 0 fully saturated rings. The second-order valence-corrected chi connectivity index (χ2v) is 12.5. The molecule has 7 aromatic rings. The Balaban J connectivity index is 1.20. The molecule has 0 amide bonds. The molecule has 0 radical (unpaired) electrons. The fraction of sp³-hybridized carbons (Fsp3) is 0. The predicted octanol–water partition coefficient (Wildman–Crippen LogP) is 6.51. The van der Waals surface area contributed by atoms with Crippen molar-refractivity contribution in [2.24, 2.45) is 20.4 Å². The predicted molar refractivity (Wildman–Crippen MR) is 195 cm³/mol. The molecule has 0 unspecified atom stereocenters. The Morgan fingerprint density at radius 3 is 1.20 bits per heavy atom. The Morgan fingerprint density at radius 1 is 0.480 bits per heavy atom. The lowest BCUT2D eigenvalue weighted by molar-refractivity contribution is 0.102. The third-order valence-corrected chi connectivity index (χ3v) is 9.05. The highest BCUT2D eigenvalue weighted by Gasteiger charge is 2.17. The lowest BCUT2D eigenvalue weighted by Gasteiger charge is -2.00. The lowest BCUT2D eigenvalue weighted by Crippen LogP contribution is -2.14. The summed E-state index contributed by atoms with van der Waals surface area (Å²) in [5.74, 6) is -0.385. The van der Waals surface area contributed by atoms with Crippen LogP contribution in [0.3, 0.4) is 0 Å². The van der Waals surface area contributed by atoms with Crippen LogP contribution < -0.4 is 9.60 Å². The third kappa shape index (κ3) is 7.31. The molecule has 12 heteroatoms. The van der Waals surface area contributed by atoms with Gasteiger partial charge in [-0.2, -0.15) is 20.4 Å². The SMILES string of the molecule is O=C(c1ccccc1)c1nn(-c2ccccc2)/c(=N/N=C/c2ccccc2/C=N/N=c2/sc(C(=O)c3ccccc3)nn2-c2ccccc2)s1. The van der Waals surface area contributed by atoms with Crippen LogP contribution >= 0.6 is 22.7 Å². The molecule has 10 nitrogen and oxygen atoms in total. The highest BCUT2D eigenvalue weighted by atomic mass is 32.1. The summed E-state index contributed by atoms with van der Waals surface area (Å²) in [6.07, 6.45) is 3.23. The summed E-state index contributed by atoms with van der Waals surface area (Å²) in [5.41, 5.74) is 4.08. The highest BCUT2D eigenvalue weighted by molar-refractivity contribution is 7.11. The molecule has 0 atom stereocenters. The number of benzene rings is 5. The molecule has 2 aromatic heterocycles. The van der Waals surface area contributed by atoms with Crippen LogP contribution in [-0.4, -0.2) is 43.6 Å². The summed E-state index contributed by atoms with van der Waals surface area (Å²) in [4.78, 5) is 27.3. The summed E-state index contributed by atoms with van der Waals surface area (Å²) in [6, 6.07) is 44.5. The van der Waals surface area contributed by atoms with E-state index in [1.807, 2.05) is 121 Å². The summed E-state index contributed by atoms with van der Waals surface area (Å²) in [7, 11) is 0. The fourth-order valence-electron chi connectivity index (χ4n) is 4.80. The quantitative estimate of drug-likeness (QED) is 0.0923. The van der Waals surface area contributed by atoms with Crippen LogP contribution in [0.25, 0.3) is 11.4 Å². The van der Waals surface area contributed by atoms with Crippen LogP contribution in [0.5, 0.6) is 0 Å². The molecule has 0 spiro atoms. The molecule has 0 aliphatic heterocycles. The number of ketones is 2. The zero-order chi connectivity index (χ0) is 34.1. The number of nitrogens with zero attached hydrogens (tertiary/aromatic N) is 8. The number of rotatable bonds is 10. The summed E-state index contributed by atoms with van der Waals surface area (Å²) in [6.45, 7) is 0. The van der Waals surface area contributed by atoms with Gasteiger partial charge in [0.15, 0.2) is 10.0 Å². The molecular formula is C38H26N8O2S2. The molecule has 5 aromatic carbocycles. The van der Waals surface area contributed by atoms with Crippen molar-refractivity contribution in [2.75, 3.05) is 0 Å². The van der Waals surface area contributed by atoms with Crippen LogP contribution in [0, 0.1) is 0 Å². The number of carbonyl (C=O) groups excluding carboxylic acids is 2. The van der Waals surface area contributed by atoms with E-state index in [1.54, 1.807) is 46.1 Å². The van der Waals surface area contributed by atoms with Gasteiger partial charge >= 0.3 is 0 Å². The van der Waals surface area contributed by atoms with Crippen molar-refractivity contribution in [1.82, 2.24) is 19.6 Å². The van der Waals surface area contributed by atoms with Crippen molar-refractivity contribution in [2.45, 2.75) is 0 Å². The van der Waals surface area contributed by atoms with Gasteiger partial charge in [0, 0.05) is 22.3 Å².